The second-order valence-electron chi connectivity index (χ2n) is 3.80. The fourth-order valence-electron chi connectivity index (χ4n) is 1.56. The number of para-hydroxylation sites is 1. The maximum atomic E-state index is 11.0. The van der Waals surface area contributed by atoms with Crippen molar-refractivity contribution in [2.75, 3.05) is 11.4 Å². The summed E-state index contributed by atoms with van der Waals surface area (Å²) in [5.74, 6) is -2.01. The monoisotopic (exact) mass is 271 g/mol. The first-order valence-corrected chi connectivity index (χ1v) is 5.77. The molecule has 1 atom stereocenters. The Morgan fingerprint density at radius 1 is 1.33 bits per heavy atom. The molecule has 0 heterocycles. The summed E-state index contributed by atoms with van der Waals surface area (Å²) in [5, 5.41) is 18.1. The number of rotatable bonds is 6. The summed E-state index contributed by atoms with van der Waals surface area (Å²) in [6, 6.07) is 5.92. The van der Waals surface area contributed by atoms with Gasteiger partial charge in [0, 0.05) is 6.54 Å². The fourth-order valence-corrected chi connectivity index (χ4v) is 1.80. The van der Waals surface area contributed by atoms with Gasteiger partial charge < -0.3 is 15.1 Å². The molecule has 98 valence electrons. The molecule has 0 aromatic heterocycles. The van der Waals surface area contributed by atoms with Crippen LogP contribution in [0.2, 0.25) is 5.02 Å². The maximum Gasteiger partial charge on any atom is 0.326 e. The van der Waals surface area contributed by atoms with Crippen LogP contribution in [0.5, 0.6) is 0 Å². The van der Waals surface area contributed by atoms with Crippen LogP contribution in [0.15, 0.2) is 24.3 Å². The molecular weight excluding hydrogens is 258 g/mol. The van der Waals surface area contributed by atoms with Crippen molar-refractivity contribution in [3.05, 3.63) is 29.3 Å². The zero-order valence-corrected chi connectivity index (χ0v) is 10.6. The lowest BCUT2D eigenvalue weighted by atomic mass is 10.2. The van der Waals surface area contributed by atoms with Crippen molar-refractivity contribution >= 4 is 29.2 Å². The van der Waals surface area contributed by atoms with Crippen LogP contribution in [0.4, 0.5) is 5.69 Å². The molecule has 1 rings (SSSR count). The SMILES string of the molecule is CC(C(=O)O)N(CCC(=O)O)c1ccccc1Cl. The molecule has 6 heteroatoms. The van der Waals surface area contributed by atoms with Gasteiger partial charge in [-0.25, -0.2) is 4.79 Å². The molecule has 18 heavy (non-hydrogen) atoms. The summed E-state index contributed by atoms with van der Waals surface area (Å²) in [5.41, 5.74) is 0.523. The van der Waals surface area contributed by atoms with Crippen LogP contribution >= 0.6 is 11.6 Å². The quantitative estimate of drug-likeness (QED) is 0.828. The smallest absolute Gasteiger partial charge is 0.326 e. The van der Waals surface area contributed by atoms with E-state index in [1.807, 2.05) is 0 Å². The Bertz CT molecular complexity index is 449. The number of hydrogen-bond donors (Lipinski definition) is 2. The van der Waals surface area contributed by atoms with Crippen molar-refractivity contribution in [1.82, 2.24) is 0 Å². The Labute approximate surface area is 110 Å². The molecule has 1 aromatic rings. The number of nitrogens with zero attached hydrogens (tertiary/aromatic N) is 1. The normalized spacial score (nSPS) is 11.9. The number of hydrogen-bond acceptors (Lipinski definition) is 3. The third kappa shape index (κ3) is 3.63. The van der Waals surface area contributed by atoms with Gasteiger partial charge in [-0.1, -0.05) is 23.7 Å². The summed E-state index contributed by atoms with van der Waals surface area (Å²) < 4.78 is 0. The first-order valence-electron chi connectivity index (χ1n) is 5.39. The fraction of sp³-hybridized carbons (Fsp3) is 0.333. The molecule has 0 aliphatic carbocycles. The largest absolute Gasteiger partial charge is 0.481 e. The van der Waals surface area contributed by atoms with Crippen molar-refractivity contribution < 1.29 is 19.8 Å². The van der Waals surface area contributed by atoms with E-state index in [9.17, 15) is 9.59 Å². The van der Waals surface area contributed by atoms with Crippen LogP contribution in [0.3, 0.4) is 0 Å². The molecule has 5 nitrogen and oxygen atoms in total. The minimum Gasteiger partial charge on any atom is -0.481 e. The molecule has 1 unspecified atom stereocenters. The molecule has 1 aromatic carbocycles. The zero-order chi connectivity index (χ0) is 13.7. The number of carbonyl (C=O) groups is 2. The molecule has 0 saturated heterocycles. The van der Waals surface area contributed by atoms with E-state index < -0.39 is 18.0 Å². The van der Waals surface area contributed by atoms with E-state index in [2.05, 4.69) is 0 Å². The molecular formula is C12H14ClNO4. The maximum absolute atomic E-state index is 11.0. The minimum atomic E-state index is -1.03. The molecule has 2 N–H and O–H groups in total. The van der Waals surface area contributed by atoms with Gasteiger partial charge in [-0.05, 0) is 19.1 Å². The van der Waals surface area contributed by atoms with Gasteiger partial charge in [-0.3, -0.25) is 4.79 Å². The summed E-state index contributed by atoms with van der Waals surface area (Å²) >= 11 is 6.00. The minimum absolute atomic E-state index is 0.0898. The predicted octanol–water partition coefficient (Wildman–Crippen LogP) is 2.09. The van der Waals surface area contributed by atoms with E-state index in [4.69, 9.17) is 21.8 Å². The van der Waals surface area contributed by atoms with Crippen molar-refractivity contribution in [1.29, 1.82) is 0 Å². The molecule has 0 radical (unpaired) electrons. The van der Waals surface area contributed by atoms with Crippen molar-refractivity contribution in [2.24, 2.45) is 0 Å². The number of anilines is 1. The lowest BCUT2D eigenvalue weighted by Crippen LogP contribution is -2.40. The zero-order valence-electron chi connectivity index (χ0n) is 9.84. The highest BCUT2D eigenvalue weighted by molar-refractivity contribution is 6.33. The third-order valence-electron chi connectivity index (χ3n) is 2.55. The molecule has 0 amide bonds. The highest BCUT2D eigenvalue weighted by Gasteiger charge is 2.23. The first-order chi connectivity index (χ1) is 8.43. The molecule has 0 bridgehead atoms. The number of carboxylic acids is 2. The van der Waals surface area contributed by atoms with Crippen LogP contribution in [-0.4, -0.2) is 34.7 Å². The van der Waals surface area contributed by atoms with Gasteiger partial charge in [0.2, 0.25) is 0 Å². The number of aliphatic carboxylic acids is 2. The van der Waals surface area contributed by atoms with Gasteiger partial charge in [0.15, 0.2) is 0 Å². The van der Waals surface area contributed by atoms with Crippen LogP contribution in [0.1, 0.15) is 13.3 Å². The van der Waals surface area contributed by atoms with E-state index in [1.165, 1.54) is 11.8 Å². The second kappa shape index (κ2) is 6.26. The Hall–Kier alpha value is -1.75. The Morgan fingerprint density at radius 2 is 1.94 bits per heavy atom. The standard InChI is InChI=1S/C12H14ClNO4/c1-8(12(17)18)14(7-6-11(15)16)10-5-3-2-4-9(10)13/h2-5,8H,6-7H2,1H3,(H,15,16)(H,17,18). The lowest BCUT2D eigenvalue weighted by Gasteiger charge is -2.28. The summed E-state index contributed by atoms with van der Waals surface area (Å²) in [6.07, 6.45) is -0.150. The number of carboxylic acid groups (broad SMARTS) is 2. The van der Waals surface area contributed by atoms with Crippen LogP contribution < -0.4 is 4.90 Å². The molecule has 0 aliphatic heterocycles. The highest BCUT2D eigenvalue weighted by atomic mass is 35.5. The third-order valence-corrected chi connectivity index (χ3v) is 2.87. The first kappa shape index (κ1) is 14.3. The molecule has 0 aliphatic rings. The van der Waals surface area contributed by atoms with Crippen molar-refractivity contribution in [3.63, 3.8) is 0 Å². The lowest BCUT2D eigenvalue weighted by molar-refractivity contribution is -0.139. The van der Waals surface area contributed by atoms with E-state index >= 15 is 0 Å². The van der Waals surface area contributed by atoms with Crippen molar-refractivity contribution in [3.8, 4) is 0 Å². The van der Waals surface area contributed by atoms with Gasteiger partial charge in [0.25, 0.3) is 0 Å². The average molecular weight is 272 g/mol. The van der Waals surface area contributed by atoms with E-state index in [-0.39, 0.29) is 13.0 Å². The van der Waals surface area contributed by atoms with Crippen LogP contribution in [-0.2, 0) is 9.59 Å². The van der Waals surface area contributed by atoms with E-state index in [0.717, 1.165) is 0 Å². The summed E-state index contributed by atoms with van der Waals surface area (Å²) in [4.78, 5) is 23.1. The van der Waals surface area contributed by atoms with E-state index in [1.54, 1.807) is 24.3 Å². The predicted molar refractivity (Wildman–Crippen MR) is 68.1 cm³/mol. The van der Waals surface area contributed by atoms with Crippen molar-refractivity contribution in [2.45, 2.75) is 19.4 Å². The van der Waals surface area contributed by atoms with E-state index in [0.29, 0.717) is 10.7 Å². The Morgan fingerprint density at radius 3 is 2.44 bits per heavy atom. The summed E-state index contributed by atoms with van der Waals surface area (Å²) in [7, 11) is 0. The summed E-state index contributed by atoms with van der Waals surface area (Å²) in [6.45, 7) is 1.58. The van der Waals surface area contributed by atoms with Gasteiger partial charge in [-0.15, -0.1) is 0 Å². The Balaban J connectivity index is 3.00. The highest BCUT2D eigenvalue weighted by Crippen LogP contribution is 2.27. The number of halogens is 1. The van der Waals surface area contributed by atoms with Gasteiger partial charge >= 0.3 is 11.9 Å². The second-order valence-corrected chi connectivity index (χ2v) is 4.21. The Kier molecular flexibility index (Phi) is 4.97. The topological polar surface area (TPSA) is 77.8 Å². The number of benzene rings is 1. The average Bonchev–Trinajstić information content (AvgIpc) is 2.30. The molecule has 0 spiro atoms. The van der Waals surface area contributed by atoms with Crippen LogP contribution in [0, 0.1) is 0 Å². The van der Waals surface area contributed by atoms with Crippen LogP contribution in [0.25, 0.3) is 0 Å². The van der Waals surface area contributed by atoms with Gasteiger partial charge in [0.05, 0.1) is 17.1 Å². The molecule has 0 fully saturated rings. The van der Waals surface area contributed by atoms with Gasteiger partial charge in [-0.2, -0.15) is 0 Å². The molecule has 0 saturated carbocycles. The van der Waals surface area contributed by atoms with Gasteiger partial charge in [0.1, 0.15) is 6.04 Å².